The van der Waals surface area contributed by atoms with Gasteiger partial charge in [0.2, 0.25) is 0 Å². The fourth-order valence-corrected chi connectivity index (χ4v) is 4.08. The van der Waals surface area contributed by atoms with Crippen molar-refractivity contribution in [3.05, 3.63) is 98.6 Å². The number of nitrogens with zero attached hydrogens (tertiary/aromatic N) is 3. The number of non-ortho nitro benzene ring substituents is 1. The maximum atomic E-state index is 13.5. The number of hydrogen-bond donors (Lipinski definition) is 0. The normalized spacial score (nSPS) is 17.1. The van der Waals surface area contributed by atoms with Gasteiger partial charge in [0.15, 0.2) is 0 Å². The molecule has 0 bridgehead atoms. The van der Waals surface area contributed by atoms with Gasteiger partial charge in [-0.05, 0) is 41.8 Å². The van der Waals surface area contributed by atoms with Gasteiger partial charge in [-0.25, -0.2) is 4.39 Å². The quantitative estimate of drug-likeness (QED) is 0.448. The zero-order chi connectivity index (χ0) is 19.7. The van der Waals surface area contributed by atoms with Gasteiger partial charge in [0.05, 0.1) is 16.0 Å². The van der Waals surface area contributed by atoms with Gasteiger partial charge in [-0.2, -0.15) is 0 Å². The number of benzene rings is 2. The minimum atomic E-state index is -0.439. The van der Waals surface area contributed by atoms with Gasteiger partial charge in [-0.3, -0.25) is 15.0 Å². The largest absolute Gasteiger partial charge is 0.350 e. The lowest BCUT2D eigenvalue weighted by molar-refractivity contribution is -0.384. The van der Waals surface area contributed by atoms with Crippen molar-refractivity contribution in [3.8, 4) is 0 Å². The lowest BCUT2D eigenvalue weighted by atomic mass is 10.0. The summed E-state index contributed by atoms with van der Waals surface area (Å²) in [4.78, 5) is 13.2. The minimum absolute atomic E-state index is 0.0737. The minimum Gasteiger partial charge on any atom is -0.350 e. The first-order chi connectivity index (χ1) is 13.5. The van der Waals surface area contributed by atoms with E-state index in [9.17, 15) is 14.5 Å². The Morgan fingerprint density at radius 3 is 2.79 bits per heavy atom. The van der Waals surface area contributed by atoms with E-state index in [0.717, 1.165) is 36.3 Å². The van der Waals surface area contributed by atoms with Crippen molar-refractivity contribution in [2.75, 3.05) is 6.54 Å². The second-order valence-electron chi connectivity index (χ2n) is 6.95. The molecule has 0 spiro atoms. The third-order valence-electron chi connectivity index (χ3n) is 5.12. The molecule has 144 valence electrons. The van der Waals surface area contributed by atoms with Crippen LogP contribution >= 0.6 is 11.6 Å². The van der Waals surface area contributed by atoms with Crippen molar-refractivity contribution in [2.45, 2.75) is 25.6 Å². The molecule has 5 nitrogen and oxygen atoms in total. The van der Waals surface area contributed by atoms with Crippen LogP contribution in [0.5, 0.6) is 0 Å². The summed E-state index contributed by atoms with van der Waals surface area (Å²) in [6, 6.07) is 15.4. The predicted molar refractivity (Wildman–Crippen MR) is 106 cm³/mol. The molecule has 0 amide bonds. The fourth-order valence-electron chi connectivity index (χ4n) is 3.87. The predicted octanol–water partition coefficient (Wildman–Crippen LogP) is 5.18. The first-order valence-electron chi connectivity index (χ1n) is 9.10. The summed E-state index contributed by atoms with van der Waals surface area (Å²) in [6.07, 6.45) is 2.99. The highest BCUT2D eigenvalue weighted by Gasteiger charge is 2.28. The number of fused-ring (bicyclic) bond motifs is 1. The summed E-state index contributed by atoms with van der Waals surface area (Å²) in [5.74, 6) is -0.439. The molecular weight excluding hydrogens is 381 g/mol. The number of aromatic nitrogens is 1. The molecule has 0 N–H and O–H groups in total. The van der Waals surface area contributed by atoms with E-state index in [1.54, 1.807) is 24.3 Å². The van der Waals surface area contributed by atoms with Gasteiger partial charge in [0.1, 0.15) is 5.82 Å². The van der Waals surface area contributed by atoms with Crippen molar-refractivity contribution in [3.63, 3.8) is 0 Å². The SMILES string of the molecule is O=[N+]([O-])c1cccc([C@H]2c3cccn3CCCN2Cc2ccc(F)c(Cl)c2)c1. The summed E-state index contributed by atoms with van der Waals surface area (Å²) < 4.78 is 15.7. The van der Waals surface area contributed by atoms with E-state index >= 15 is 0 Å². The molecule has 3 aromatic rings. The zero-order valence-corrected chi connectivity index (χ0v) is 15.8. The van der Waals surface area contributed by atoms with E-state index < -0.39 is 5.82 Å². The van der Waals surface area contributed by atoms with Crippen LogP contribution in [0.1, 0.15) is 29.3 Å². The first-order valence-corrected chi connectivity index (χ1v) is 9.48. The van der Waals surface area contributed by atoms with Crippen LogP contribution in [-0.2, 0) is 13.1 Å². The zero-order valence-electron chi connectivity index (χ0n) is 15.1. The van der Waals surface area contributed by atoms with E-state index in [2.05, 4.69) is 15.5 Å². The molecule has 2 aromatic carbocycles. The van der Waals surface area contributed by atoms with Gasteiger partial charge >= 0.3 is 0 Å². The molecule has 4 rings (SSSR count). The summed E-state index contributed by atoms with van der Waals surface area (Å²) in [5, 5.41) is 11.4. The van der Waals surface area contributed by atoms with Crippen LogP contribution in [0.15, 0.2) is 60.8 Å². The van der Waals surface area contributed by atoms with Crippen LogP contribution in [0.2, 0.25) is 5.02 Å². The number of hydrogen-bond acceptors (Lipinski definition) is 3. The average molecular weight is 400 g/mol. The molecule has 0 saturated heterocycles. The van der Waals surface area contributed by atoms with E-state index in [1.165, 1.54) is 12.1 Å². The molecule has 0 aliphatic carbocycles. The Morgan fingerprint density at radius 1 is 1.14 bits per heavy atom. The molecule has 0 fully saturated rings. The summed E-state index contributed by atoms with van der Waals surface area (Å²) >= 11 is 5.96. The Morgan fingerprint density at radius 2 is 2.00 bits per heavy atom. The molecule has 0 radical (unpaired) electrons. The van der Waals surface area contributed by atoms with Crippen molar-refractivity contribution < 1.29 is 9.31 Å². The Hall–Kier alpha value is -2.70. The molecule has 0 saturated carbocycles. The smallest absolute Gasteiger partial charge is 0.269 e. The molecule has 7 heteroatoms. The van der Waals surface area contributed by atoms with E-state index in [0.29, 0.717) is 6.54 Å². The molecule has 1 aliphatic rings. The maximum absolute atomic E-state index is 13.5. The second kappa shape index (κ2) is 7.73. The van der Waals surface area contributed by atoms with Crippen molar-refractivity contribution in [2.24, 2.45) is 0 Å². The first kappa shape index (κ1) is 18.7. The lowest BCUT2D eigenvalue weighted by Gasteiger charge is -2.30. The third-order valence-corrected chi connectivity index (χ3v) is 5.41. The highest BCUT2D eigenvalue weighted by atomic mass is 35.5. The van der Waals surface area contributed by atoms with Gasteiger partial charge < -0.3 is 4.57 Å². The van der Waals surface area contributed by atoms with Crippen LogP contribution in [0.25, 0.3) is 0 Å². The molecule has 0 unspecified atom stereocenters. The van der Waals surface area contributed by atoms with Crippen LogP contribution in [-0.4, -0.2) is 20.9 Å². The molecule has 2 heterocycles. The third kappa shape index (κ3) is 3.66. The molecule has 1 atom stereocenters. The van der Waals surface area contributed by atoms with Crippen LogP contribution in [0.4, 0.5) is 10.1 Å². The van der Waals surface area contributed by atoms with Gasteiger partial charge in [0.25, 0.3) is 5.69 Å². The average Bonchev–Trinajstić information content (AvgIpc) is 3.06. The summed E-state index contributed by atoms with van der Waals surface area (Å²) in [6.45, 7) is 2.26. The van der Waals surface area contributed by atoms with Crippen LogP contribution < -0.4 is 0 Å². The Balaban J connectivity index is 1.76. The topological polar surface area (TPSA) is 51.3 Å². The number of rotatable bonds is 4. The molecule has 28 heavy (non-hydrogen) atoms. The number of nitro benzene ring substituents is 1. The monoisotopic (exact) mass is 399 g/mol. The van der Waals surface area contributed by atoms with E-state index in [4.69, 9.17) is 11.6 Å². The van der Waals surface area contributed by atoms with Crippen LogP contribution in [0.3, 0.4) is 0 Å². The lowest BCUT2D eigenvalue weighted by Crippen LogP contribution is -2.29. The summed E-state index contributed by atoms with van der Waals surface area (Å²) in [7, 11) is 0. The van der Waals surface area contributed by atoms with Crippen molar-refractivity contribution in [1.82, 2.24) is 9.47 Å². The van der Waals surface area contributed by atoms with Gasteiger partial charge in [-0.15, -0.1) is 0 Å². The summed E-state index contributed by atoms with van der Waals surface area (Å²) in [5.41, 5.74) is 2.93. The maximum Gasteiger partial charge on any atom is 0.269 e. The fraction of sp³-hybridized carbons (Fsp3) is 0.238. The molecule has 1 aromatic heterocycles. The Bertz CT molecular complexity index is 1020. The molecule has 1 aliphatic heterocycles. The number of halogens is 2. The van der Waals surface area contributed by atoms with E-state index in [1.807, 2.05) is 18.3 Å². The Labute approximate surface area is 167 Å². The standard InChI is InChI=1S/C21H19ClFN3O2/c22-18-12-15(7-8-19(18)23)14-25-11-3-10-24-9-2-6-20(24)21(25)16-4-1-5-17(13-16)26(27)28/h1-2,4-9,12-13,21H,3,10-11,14H2/t21-/m0/s1. The van der Waals surface area contributed by atoms with Crippen molar-refractivity contribution in [1.29, 1.82) is 0 Å². The second-order valence-corrected chi connectivity index (χ2v) is 7.36. The number of aryl methyl sites for hydroxylation is 1. The van der Waals surface area contributed by atoms with Gasteiger partial charge in [0, 0.05) is 43.7 Å². The Kier molecular flexibility index (Phi) is 5.15. The van der Waals surface area contributed by atoms with E-state index in [-0.39, 0.29) is 21.7 Å². The number of nitro groups is 1. The van der Waals surface area contributed by atoms with Gasteiger partial charge in [-0.1, -0.05) is 29.8 Å². The highest BCUT2D eigenvalue weighted by Crippen LogP contribution is 2.34. The van der Waals surface area contributed by atoms with Crippen LogP contribution in [0, 0.1) is 15.9 Å². The van der Waals surface area contributed by atoms with Crippen molar-refractivity contribution >= 4 is 17.3 Å². The molecular formula is C21H19ClFN3O2. The highest BCUT2D eigenvalue weighted by molar-refractivity contribution is 6.30.